The first-order chi connectivity index (χ1) is 16.9. The van der Waals surface area contributed by atoms with E-state index in [9.17, 15) is 0 Å². The molecule has 0 saturated carbocycles. The van der Waals surface area contributed by atoms with Gasteiger partial charge in [0.15, 0.2) is 0 Å². The number of likely N-dealkylation sites (N-methyl/N-ethyl adjacent to an activating group) is 2. The van der Waals surface area contributed by atoms with Gasteiger partial charge >= 0.3 is 0 Å². The van der Waals surface area contributed by atoms with E-state index in [2.05, 4.69) is 53.1 Å². The molecule has 0 aliphatic rings. The van der Waals surface area contributed by atoms with E-state index in [4.69, 9.17) is 14.2 Å². The number of methoxy groups -OCH3 is 1. The highest BCUT2D eigenvalue weighted by molar-refractivity contribution is 5.98. The van der Waals surface area contributed by atoms with Gasteiger partial charge in [-0.1, -0.05) is 36.4 Å². The molecule has 3 aromatic rings. The van der Waals surface area contributed by atoms with E-state index in [-0.39, 0.29) is 0 Å². The molecule has 0 spiro atoms. The van der Waals surface area contributed by atoms with Gasteiger partial charge in [-0.25, -0.2) is 0 Å². The summed E-state index contributed by atoms with van der Waals surface area (Å²) in [7, 11) is 9.87. The maximum atomic E-state index is 5.91. The SMILES string of the molecule is COc1ccc(C(C)=C(c2ccc(OCCN(C)C)cc2)c2ccc(OCCN(C)C)cc2)cc1. The second kappa shape index (κ2) is 13.0. The molecular formula is C30H38N2O3. The number of hydrogen-bond acceptors (Lipinski definition) is 5. The van der Waals surface area contributed by atoms with Gasteiger partial charge in [-0.2, -0.15) is 0 Å². The second-order valence-electron chi connectivity index (χ2n) is 9.08. The van der Waals surface area contributed by atoms with Gasteiger partial charge in [-0.15, -0.1) is 0 Å². The lowest BCUT2D eigenvalue weighted by atomic mass is 9.90. The molecule has 0 atom stereocenters. The van der Waals surface area contributed by atoms with Gasteiger partial charge in [0.05, 0.1) is 7.11 Å². The third-order valence-corrected chi connectivity index (χ3v) is 5.80. The third kappa shape index (κ3) is 7.88. The molecule has 3 aromatic carbocycles. The van der Waals surface area contributed by atoms with Crippen LogP contribution in [0.15, 0.2) is 72.8 Å². The number of nitrogens with zero attached hydrogens (tertiary/aromatic N) is 2. The van der Waals surface area contributed by atoms with Gasteiger partial charge in [-0.05, 0) is 99.3 Å². The van der Waals surface area contributed by atoms with Crippen molar-refractivity contribution in [3.63, 3.8) is 0 Å². The Morgan fingerprint density at radius 2 is 0.943 bits per heavy atom. The van der Waals surface area contributed by atoms with Crippen LogP contribution >= 0.6 is 0 Å². The Labute approximate surface area is 210 Å². The Balaban J connectivity index is 1.92. The molecule has 0 N–H and O–H groups in total. The van der Waals surface area contributed by atoms with Gasteiger partial charge in [0.1, 0.15) is 30.5 Å². The summed E-state index contributed by atoms with van der Waals surface area (Å²) in [4.78, 5) is 4.22. The maximum Gasteiger partial charge on any atom is 0.119 e. The van der Waals surface area contributed by atoms with Crippen molar-refractivity contribution in [2.45, 2.75) is 6.92 Å². The average molecular weight is 475 g/mol. The van der Waals surface area contributed by atoms with E-state index in [1.54, 1.807) is 7.11 Å². The summed E-state index contributed by atoms with van der Waals surface area (Å²) < 4.78 is 17.2. The summed E-state index contributed by atoms with van der Waals surface area (Å²) in [5.41, 5.74) is 5.79. The molecule has 186 valence electrons. The number of hydrogen-bond donors (Lipinski definition) is 0. The zero-order chi connectivity index (χ0) is 25.2. The largest absolute Gasteiger partial charge is 0.497 e. The number of allylic oxidation sites excluding steroid dienone is 1. The van der Waals surface area contributed by atoms with Crippen LogP contribution in [0.1, 0.15) is 23.6 Å². The summed E-state index contributed by atoms with van der Waals surface area (Å²) in [6.07, 6.45) is 0. The van der Waals surface area contributed by atoms with Gasteiger partial charge in [0, 0.05) is 13.1 Å². The molecule has 0 amide bonds. The zero-order valence-electron chi connectivity index (χ0n) is 21.9. The Bertz CT molecular complexity index is 1010. The van der Waals surface area contributed by atoms with Crippen LogP contribution in [-0.2, 0) is 0 Å². The Morgan fingerprint density at radius 3 is 1.31 bits per heavy atom. The van der Waals surface area contributed by atoms with E-state index in [0.29, 0.717) is 13.2 Å². The molecule has 0 radical (unpaired) electrons. The number of rotatable bonds is 12. The van der Waals surface area contributed by atoms with Crippen LogP contribution in [0.5, 0.6) is 17.2 Å². The van der Waals surface area contributed by atoms with Crippen molar-refractivity contribution >= 4 is 11.1 Å². The lowest BCUT2D eigenvalue weighted by molar-refractivity contribution is 0.261. The van der Waals surface area contributed by atoms with Gasteiger partial charge in [0.25, 0.3) is 0 Å². The molecular weight excluding hydrogens is 436 g/mol. The van der Waals surface area contributed by atoms with Crippen molar-refractivity contribution in [2.24, 2.45) is 0 Å². The van der Waals surface area contributed by atoms with E-state index in [1.807, 2.05) is 64.6 Å². The Hall–Kier alpha value is -3.28. The van der Waals surface area contributed by atoms with Crippen molar-refractivity contribution in [3.8, 4) is 17.2 Å². The summed E-state index contributed by atoms with van der Waals surface area (Å²) in [5, 5.41) is 0. The van der Waals surface area contributed by atoms with Crippen molar-refractivity contribution in [1.29, 1.82) is 0 Å². The van der Waals surface area contributed by atoms with Crippen LogP contribution in [0.3, 0.4) is 0 Å². The second-order valence-corrected chi connectivity index (χ2v) is 9.08. The fourth-order valence-corrected chi connectivity index (χ4v) is 3.71. The minimum absolute atomic E-state index is 0.662. The third-order valence-electron chi connectivity index (χ3n) is 5.80. The molecule has 0 aliphatic heterocycles. The van der Waals surface area contributed by atoms with Crippen molar-refractivity contribution < 1.29 is 14.2 Å². The van der Waals surface area contributed by atoms with Gasteiger partial charge in [0.2, 0.25) is 0 Å². The van der Waals surface area contributed by atoms with Crippen LogP contribution in [0.4, 0.5) is 0 Å². The fraction of sp³-hybridized carbons (Fsp3) is 0.333. The minimum atomic E-state index is 0.662. The van der Waals surface area contributed by atoms with Crippen molar-refractivity contribution in [2.75, 3.05) is 61.6 Å². The summed E-state index contributed by atoms with van der Waals surface area (Å²) in [6, 6.07) is 24.9. The smallest absolute Gasteiger partial charge is 0.119 e. The molecule has 35 heavy (non-hydrogen) atoms. The highest BCUT2D eigenvalue weighted by Gasteiger charge is 2.12. The molecule has 3 rings (SSSR count). The van der Waals surface area contributed by atoms with E-state index < -0.39 is 0 Å². The normalized spacial score (nSPS) is 11.0. The monoisotopic (exact) mass is 474 g/mol. The van der Waals surface area contributed by atoms with Crippen LogP contribution in [0, 0.1) is 0 Å². The predicted molar refractivity (Wildman–Crippen MR) is 146 cm³/mol. The molecule has 0 aliphatic carbocycles. The lowest BCUT2D eigenvalue weighted by Gasteiger charge is -2.16. The molecule has 5 heteroatoms. The van der Waals surface area contributed by atoms with Crippen LogP contribution < -0.4 is 14.2 Å². The molecule has 0 heterocycles. The zero-order valence-corrected chi connectivity index (χ0v) is 21.9. The minimum Gasteiger partial charge on any atom is -0.497 e. The maximum absolute atomic E-state index is 5.91. The standard InChI is InChI=1S/C30H38N2O3/c1-23(24-7-13-27(33-6)14-8-24)30(25-9-15-28(16-10-25)34-21-19-31(2)3)26-11-17-29(18-12-26)35-22-20-32(4)5/h7-18H,19-22H2,1-6H3. The first-order valence-electron chi connectivity index (χ1n) is 12.0. The predicted octanol–water partition coefficient (Wildman–Crippen LogP) is 5.56. The molecule has 0 saturated heterocycles. The number of ether oxygens (including phenoxy) is 3. The van der Waals surface area contributed by atoms with Gasteiger partial charge < -0.3 is 24.0 Å². The highest BCUT2D eigenvalue weighted by atomic mass is 16.5. The Morgan fingerprint density at radius 1 is 0.571 bits per heavy atom. The van der Waals surface area contributed by atoms with Crippen LogP contribution in [0.2, 0.25) is 0 Å². The first-order valence-corrected chi connectivity index (χ1v) is 12.0. The van der Waals surface area contributed by atoms with Crippen molar-refractivity contribution in [3.05, 3.63) is 89.5 Å². The van der Waals surface area contributed by atoms with E-state index in [1.165, 1.54) is 11.1 Å². The van der Waals surface area contributed by atoms with Crippen LogP contribution in [-0.4, -0.2) is 71.4 Å². The first kappa shape index (κ1) is 26.3. The molecule has 0 fully saturated rings. The summed E-state index contributed by atoms with van der Waals surface area (Å²) in [5.74, 6) is 2.60. The molecule has 5 nitrogen and oxygen atoms in total. The quantitative estimate of drug-likeness (QED) is 0.321. The van der Waals surface area contributed by atoms with Crippen molar-refractivity contribution in [1.82, 2.24) is 9.80 Å². The average Bonchev–Trinajstić information content (AvgIpc) is 2.85. The Kier molecular flexibility index (Phi) is 9.76. The van der Waals surface area contributed by atoms with E-state index in [0.717, 1.165) is 47.0 Å². The lowest BCUT2D eigenvalue weighted by Crippen LogP contribution is -2.19. The number of benzene rings is 3. The molecule has 0 unspecified atom stereocenters. The summed E-state index contributed by atoms with van der Waals surface area (Å²) in [6.45, 7) is 5.25. The van der Waals surface area contributed by atoms with Gasteiger partial charge in [-0.3, -0.25) is 0 Å². The highest BCUT2D eigenvalue weighted by Crippen LogP contribution is 2.34. The van der Waals surface area contributed by atoms with Crippen LogP contribution in [0.25, 0.3) is 11.1 Å². The molecule has 0 aromatic heterocycles. The topological polar surface area (TPSA) is 34.2 Å². The summed E-state index contributed by atoms with van der Waals surface area (Å²) >= 11 is 0. The van der Waals surface area contributed by atoms with E-state index >= 15 is 0 Å². The molecule has 0 bridgehead atoms. The fourth-order valence-electron chi connectivity index (χ4n) is 3.71.